The van der Waals surface area contributed by atoms with Crippen LogP contribution < -0.4 is 5.32 Å². The van der Waals surface area contributed by atoms with Crippen molar-refractivity contribution in [2.45, 2.75) is 83.3 Å². The molecule has 1 aliphatic heterocycles. The maximum absolute atomic E-state index is 5.73. The lowest BCUT2D eigenvalue weighted by Gasteiger charge is -2.26. The zero-order valence-corrected chi connectivity index (χ0v) is 12.1. The Morgan fingerprint density at radius 1 is 1.00 bits per heavy atom. The van der Waals surface area contributed by atoms with Gasteiger partial charge in [-0.1, -0.05) is 32.6 Å². The van der Waals surface area contributed by atoms with Crippen molar-refractivity contribution in [1.29, 1.82) is 0 Å². The maximum Gasteiger partial charge on any atom is 0.0576 e. The van der Waals surface area contributed by atoms with E-state index in [2.05, 4.69) is 12.2 Å². The molecule has 0 aromatic heterocycles. The lowest BCUT2D eigenvalue weighted by Crippen LogP contribution is -2.35. The lowest BCUT2D eigenvalue weighted by molar-refractivity contribution is 0.0998. The Hall–Kier alpha value is -0.0800. The molecule has 106 valence electrons. The average Bonchev–Trinajstić information content (AvgIpc) is 2.79. The predicted octanol–water partition coefficient (Wildman–Crippen LogP) is 3.89. The summed E-state index contributed by atoms with van der Waals surface area (Å²) in [5.41, 5.74) is 0. The van der Waals surface area contributed by atoms with E-state index < -0.39 is 0 Å². The van der Waals surface area contributed by atoms with E-state index in [9.17, 15) is 0 Å². The molecular weight excluding hydrogens is 222 g/mol. The van der Waals surface area contributed by atoms with E-state index in [1.54, 1.807) is 0 Å². The quantitative estimate of drug-likeness (QED) is 0.725. The molecule has 2 nitrogen and oxygen atoms in total. The molecule has 0 radical (unpaired) electrons. The van der Waals surface area contributed by atoms with E-state index in [-0.39, 0.29) is 0 Å². The number of nitrogens with one attached hydrogen (secondary N) is 1. The fourth-order valence-corrected chi connectivity index (χ4v) is 3.74. The molecule has 2 fully saturated rings. The number of ether oxygens (including phenoxy) is 1. The molecule has 0 bridgehead atoms. The minimum atomic E-state index is 0.591. The zero-order chi connectivity index (χ0) is 12.6. The topological polar surface area (TPSA) is 21.3 Å². The molecule has 1 aliphatic carbocycles. The minimum absolute atomic E-state index is 0.591. The highest BCUT2D eigenvalue weighted by Crippen LogP contribution is 2.28. The molecule has 2 rings (SSSR count). The first-order valence-electron chi connectivity index (χ1n) is 8.25. The van der Waals surface area contributed by atoms with Crippen LogP contribution >= 0.6 is 0 Å². The third-order valence-corrected chi connectivity index (χ3v) is 4.75. The first-order chi connectivity index (χ1) is 8.90. The molecule has 0 aromatic carbocycles. The van der Waals surface area contributed by atoms with Gasteiger partial charge in [0.05, 0.1) is 6.10 Å². The first-order valence-corrected chi connectivity index (χ1v) is 8.25. The molecule has 0 spiro atoms. The summed E-state index contributed by atoms with van der Waals surface area (Å²) in [4.78, 5) is 0. The largest absolute Gasteiger partial charge is 0.378 e. The van der Waals surface area contributed by atoms with Crippen molar-refractivity contribution in [1.82, 2.24) is 5.32 Å². The van der Waals surface area contributed by atoms with Gasteiger partial charge in [0.1, 0.15) is 0 Å². The van der Waals surface area contributed by atoms with Crippen LogP contribution in [0.3, 0.4) is 0 Å². The van der Waals surface area contributed by atoms with Gasteiger partial charge >= 0.3 is 0 Å². The van der Waals surface area contributed by atoms with Gasteiger partial charge in [0.15, 0.2) is 0 Å². The summed E-state index contributed by atoms with van der Waals surface area (Å²) >= 11 is 0. The van der Waals surface area contributed by atoms with Crippen molar-refractivity contribution in [3.8, 4) is 0 Å². The molecule has 0 amide bonds. The highest BCUT2D eigenvalue weighted by Gasteiger charge is 2.23. The second-order valence-corrected chi connectivity index (χ2v) is 6.13. The first kappa shape index (κ1) is 14.3. The maximum atomic E-state index is 5.73. The molecule has 18 heavy (non-hydrogen) atoms. The van der Waals surface area contributed by atoms with Crippen LogP contribution in [0.1, 0.15) is 71.1 Å². The van der Waals surface area contributed by atoms with Crippen LogP contribution in [0.4, 0.5) is 0 Å². The summed E-state index contributed by atoms with van der Waals surface area (Å²) in [6.07, 6.45) is 14.4. The van der Waals surface area contributed by atoms with Gasteiger partial charge in [-0.3, -0.25) is 0 Å². The molecule has 3 atom stereocenters. The third-order valence-electron chi connectivity index (χ3n) is 4.75. The van der Waals surface area contributed by atoms with Gasteiger partial charge in [0.25, 0.3) is 0 Å². The summed E-state index contributed by atoms with van der Waals surface area (Å²) in [7, 11) is 0. The Labute approximate surface area is 113 Å². The SMILES string of the molecule is CCNC1CCCCCC1CCCC1CCCO1. The standard InChI is InChI=1S/C16H31NO/c1-2-17-16-12-5-3-4-8-14(16)9-6-10-15-11-7-13-18-15/h14-17H,2-13H2,1H3. The molecule has 0 aromatic rings. The van der Waals surface area contributed by atoms with E-state index >= 15 is 0 Å². The Morgan fingerprint density at radius 3 is 2.67 bits per heavy atom. The van der Waals surface area contributed by atoms with Crippen LogP contribution in [0.2, 0.25) is 0 Å². The van der Waals surface area contributed by atoms with Gasteiger partial charge in [-0.2, -0.15) is 0 Å². The average molecular weight is 253 g/mol. The molecule has 2 heteroatoms. The number of hydrogen-bond acceptors (Lipinski definition) is 2. The Balaban J connectivity index is 1.69. The Kier molecular flexibility index (Phi) is 6.50. The summed E-state index contributed by atoms with van der Waals surface area (Å²) in [5.74, 6) is 0.925. The monoisotopic (exact) mass is 253 g/mol. The van der Waals surface area contributed by atoms with Crippen molar-refractivity contribution in [2.24, 2.45) is 5.92 Å². The lowest BCUT2D eigenvalue weighted by atomic mass is 9.89. The van der Waals surface area contributed by atoms with Crippen molar-refractivity contribution < 1.29 is 4.74 Å². The second kappa shape index (κ2) is 8.16. The predicted molar refractivity (Wildman–Crippen MR) is 76.9 cm³/mol. The highest BCUT2D eigenvalue weighted by molar-refractivity contribution is 4.79. The van der Waals surface area contributed by atoms with Gasteiger partial charge in [-0.25, -0.2) is 0 Å². The minimum Gasteiger partial charge on any atom is -0.378 e. The van der Waals surface area contributed by atoms with Crippen molar-refractivity contribution in [3.05, 3.63) is 0 Å². The van der Waals surface area contributed by atoms with Crippen molar-refractivity contribution in [2.75, 3.05) is 13.2 Å². The van der Waals surface area contributed by atoms with E-state index in [0.29, 0.717) is 6.10 Å². The smallest absolute Gasteiger partial charge is 0.0576 e. The second-order valence-electron chi connectivity index (χ2n) is 6.13. The van der Waals surface area contributed by atoms with E-state index in [1.165, 1.54) is 64.2 Å². The fraction of sp³-hybridized carbons (Fsp3) is 1.00. The normalized spacial score (nSPS) is 33.5. The molecule has 1 saturated heterocycles. The van der Waals surface area contributed by atoms with Crippen molar-refractivity contribution >= 4 is 0 Å². The van der Waals surface area contributed by atoms with Gasteiger partial charge < -0.3 is 10.1 Å². The molecule has 3 unspecified atom stereocenters. The Bertz CT molecular complexity index is 213. The Morgan fingerprint density at radius 2 is 1.89 bits per heavy atom. The van der Waals surface area contributed by atoms with Crippen LogP contribution in [0.25, 0.3) is 0 Å². The van der Waals surface area contributed by atoms with Gasteiger partial charge in [0, 0.05) is 12.6 Å². The van der Waals surface area contributed by atoms with E-state index in [4.69, 9.17) is 4.74 Å². The van der Waals surface area contributed by atoms with E-state index in [1.807, 2.05) is 0 Å². The fourth-order valence-electron chi connectivity index (χ4n) is 3.74. The van der Waals surface area contributed by atoms with Crippen molar-refractivity contribution in [3.63, 3.8) is 0 Å². The molecular formula is C16H31NO. The van der Waals surface area contributed by atoms with Gasteiger partial charge in [-0.15, -0.1) is 0 Å². The summed E-state index contributed by atoms with van der Waals surface area (Å²) < 4.78 is 5.73. The number of hydrogen-bond donors (Lipinski definition) is 1. The molecule has 1 saturated carbocycles. The van der Waals surface area contributed by atoms with Gasteiger partial charge in [0.2, 0.25) is 0 Å². The summed E-state index contributed by atoms with van der Waals surface area (Å²) in [5, 5.41) is 3.72. The summed E-state index contributed by atoms with van der Waals surface area (Å²) in [6, 6.07) is 0.794. The molecule has 1 heterocycles. The number of rotatable bonds is 6. The van der Waals surface area contributed by atoms with Crippen LogP contribution in [0.5, 0.6) is 0 Å². The van der Waals surface area contributed by atoms with E-state index in [0.717, 1.165) is 25.1 Å². The summed E-state index contributed by atoms with van der Waals surface area (Å²) in [6.45, 7) is 4.38. The van der Waals surface area contributed by atoms with Crippen LogP contribution in [0.15, 0.2) is 0 Å². The molecule has 2 aliphatic rings. The van der Waals surface area contributed by atoms with Crippen LogP contribution in [-0.4, -0.2) is 25.3 Å². The zero-order valence-electron chi connectivity index (χ0n) is 12.1. The van der Waals surface area contributed by atoms with Gasteiger partial charge in [-0.05, 0) is 51.0 Å². The highest BCUT2D eigenvalue weighted by atomic mass is 16.5. The van der Waals surface area contributed by atoms with Crippen LogP contribution in [0, 0.1) is 5.92 Å². The third kappa shape index (κ3) is 4.55. The molecule has 1 N–H and O–H groups in total. The van der Waals surface area contributed by atoms with Crippen LogP contribution in [-0.2, 0) is 4.74 Å².